The van der Waals surface area contributed by atoms with E-state index in [1.54, 1.807) is 0 Å². The number of hydrogen-bond donors (Lipinski definition) is 1. The Morgan fingerprint density at radius 1 is 1.28 bits per heavy atom. The fourth-order valence-electron chi connectivity index (χ4n) is 4.70. The van der Waals surface area contributed by atoms with Gasteiger partial charge in [0.05, 0.1) is 0 Å². The third-order valence-corrected chi connectivity index (χ3v) is 6.30. The maximum Gasteiger partial charge on any atom is 0.321 e. The lowest BCUT2D eigenvalue weighted by atomic mass is 9.76. The number of piperidine rings is 3. The van der Waals surface area contributed by atoms with Gasteiger partial charge in [-0.2, -0.15) is 0 Å². The van der Waals surface area contributed by atoms with Crippen LogP contribution in [-0.4, -0.2) is 47.4 Å². The number of aryl methyl sites for hydroxylation is 1. The molecule has 1 aromatic rings. The number of fused-ring (bicyclic) bond motifs is 4. The largest absolute Gasteiger partial charge is 0.339 e. The monoisotopic (exact) mass is 361 g/mol. The first-order chi connectivity index (χ1) is 12.0. The lowest BCUT2D eigenvalue weighted by molar-refractivity contribution is -0.144. The fourth-order valence-corrected chi connectivity index (χ4v) is 4.82. The number of hydrogen-bond acceptors (Lipinski definition) is 2. The highest BCUT2D eigenvalue weighted by Crippen LogP contribution is 2.38. The molecule has 6 heteroatoms. The van der Waals surface area contributed by atoms with Gasteiger partial charge in [-0.15, -0.1) is 0 Å². The van der Waals surface area contributed by atoms with Gasteiger partial charge in [-0.3, -0.25) is 4.79 Å². The summed E-state index contributed by atoms with van der Waals surface area (Å²) in [5.74, 6) is 1.12. The summed E-state index contributed by atoms with van der Waals surface area (Å²) >= 11 is 6.05. The van der Waals surface area contributed by atoms with E-state index in [-0.39, 0.29) is 6.03 Å². The minimum Gasteiger partial charge on any atom is -0.339 e. The van der Waals surface area contributed by atoms with Gasteiger partial charge in [-0.1, -0.05) is 11.6 Å². The molecule has 5 nitrogen and oxygen atoms in total. The molecule has 3 saturated heterocycles. The minimum atomic E-state index is -0.0491. The lowest BCUT2D eigenvalue weighted by Gasteiger charge is -2.52. The van der Waals surface area contributed by atoms with Gasteiger partial charge in [-0.05, 0) is 61.8 Å². The van der Waals surface area contributed by atoms with Crippen LogP contribution in [-0.2, 0) is 4.79 Å². The van der Waals surface area contributed by atoms with Crippen molar-refractivity contribution in [1.82, 2.24) is 9.80 Å². The quantitative estimate of drug-likeness (QED) is 0.832. The average molecular weight is 362 g/mol. The Morgan fingerprint density at radius 2 is 2.12 bits per heavy atom. The Balaban J connectivity index is 1.45. The van der Waals surface area contributed by atoms with Crippen LogP contribution in [0.25, 0.3) is 0 Å². The molecule has 0 unspecified atom stereocenters. The molecule has 3 atom stereocenters. The van der Waals surface area contributed by atoms with Crippen LogP contribution in [0.15, 0.2) is 18.2 Å². The van der Waals surface area contributed by atoms with Crippen LogP contribution in [0.2, 0.25) is 5.02 Å². The van der Waals surface area contributed by atoms with E-state index in [0.29, 0.717) is 35.2 Å². The van der Waals surface area contributed by atoms with Crippen molar-refractivity contribution in [3.05, 3.63) is 28.8 Å². The first-order valence-corrected chi connectivity index (χ1v) is 9.50. The van der Waals surface area contributed by atoms with Crippen LogP contribution in [0.5, 0.6) is 0 Å². The summed E-state index contributed by atoms with van der Waals surface area (Å²) in [6.07, 6.45) is 3.89. The van der Waals surface area contributed by atoms with Gasteiger partial charge >= 0.3 is 6.03 Å². The predicted octanol–water partition coefficient (Wildman–Crippen LogP) is 3.51. The van der Waals surface area contributed by atoms with Crippen LogP contribution in [0.4, 0.5) is 10.5 Å². The number of anilines is 1. The third kappa shape index (κ3) is 3.22. The predicted molar refractivity (Wildman–Crippen MR) is 97.7 cm³/mol. The Morgan fingerprint density at radius 3 is 2.92 bits per heavy atom. The van der Waals surface area contributed by atoms with Gasteiger partial charge < -0.3 is 15.1 Å². The van der Waals surface area contributed by atoms with Crippen molar-refractivity contribution in [2.24, 2.45) is 11.8 Å². The molecule has 0 radical (unpaired) electrons. The van der Waals surface area contributed by atoms with Gasteiger partial charge in [0, 0.05) is 42.8 Å². The molecular formula is C19H24ClN3O2. The molecule has 134 valence electrons. The maximum atomic E-state index is 12.7. The molecule has 0 saturated carbocycles. The van der Waals surface area contributed by atoms with Crippen molar-refractivity contribution >= 4 is 29.2 Å². The SMILES string of the molecule is Cc1cc(NC(=O)N2C[C@H]3C[C@@H](C2)[C@@H]2CCCC(=O)N2C3)ccc1Cl. The van der Waals surface area contributed by atoms with Gasteiger partial charge in [-0.25, -0.2) is 4.79 Å². The molecule has 25 heavy (non-hydrogen) atoms. The first kappa shape index (κ1) is 16.7. The highest BCUT2D eigenvalue weighted by atomic mass is 35.5. The molecule has 3 amide bonds. The zero-order valence-corrected chi connectivity index (χ0v) is 15.3. The second kappa shape index (κ2) is 6.52. The van der Waals surface area contributed by atoms with Crippen molar-refractivity contribution < 1.29 is 9.59 Å². The minimum absolute atomic E-state index is 0.0491. The zero-order chi connectivity index (χ0) is 17.6. The molecule has 3 aliphatic rings. The summed E-state index contributed by atoms with van der Waals surface area (Å²) in [5, 5.41) is 3.70. The summed E-state index contributed by atoms with van der Waals surface area (Å²) in [6.45, 7) is 4.20. The number of amides is 3. The highest BCUT2D eigenvalue weighted by Gasteiger charge is 2.44. The van der Waals surface area contributed by atoms with Crippen molar-refractivity contribution in [3.63, 3.8) is 0 Å². The van der Waals surface area contributed by atoms with Crippen molar-refractivity contribution in [2.75, 3.05) is 25.0 Å². The van der Waals surface area contributed by atoms with Crippen LogP contribution in [0.1, 0.15) is 31.2 Å². The fraction of sp³-hybridized carbons (Fsp3) is 0.579. The molecule has 3 heterocycles. The molecule has 1 aromatic carbocycles. The van der Waals surface area contributed by atoms with Crippen molar-refractivity contribution in [2.45, 2.75) is 38.6 Å². The number of rotatable bonds is 1. The third-order valence-electron chi connectivity index (χ3n) is 5.88. The number of benzene rings is 1. The number of halogens is 1. The van der Waals surface area contributed by atoms with E-state index in [2.05, 4.69) is 10.2 Å². The summed E-state index contributed by atoms with van der Waals surface area (Å²) in [6, 6.07) is 5.81. The summed E-state index contributed by atoms with van der Waals surface area (Å²) in [5.41, 5.74) is 1.73. The van der Waals surface area contributed by atoms with Gasteiger partial charge in [0.15, 0.2) is 0 Å². The van der Waals surface area contributed by atoms with Crippen LogP contribution in [0, 0.1) is 18.8 Å². The molecule has 3 fully saturated rings. The van der Waals surface area contributed by atoms with E-state index in [1.165, 1.54) is 0 Å². The number of likely N-dealkylation sites (tertiary alicyclic amines) is 1. The molecular weight excluding hydrogens is 338 g/mol. The van der Waals surface area contributed by atoms with Gasteiger partial charge in [0.1, 0.15) is 0 Å². The van der Waals surface area contributed by atoms with E-state index in [0.717, 1.165) is 50.1 Å². The van der Waals surface area contributed by atoms with Crippen LogP contribution < -0.4 is 5.32 Å². The van der Waals surface area contributed by atoms with E-state index >= 15 is 0 Å². The molecule has 1 N–H and O–H groups in total. The average Bonchev–Trinajstić information content (AvgIpc) is 2.59. The number of nitrogens with zero attached hydrogens (tertiary/aromatic N) is 2. The summed E-state index contributed by atoms with van der Waals surface area (Å²) in [4.78, 5) is 28.9. The molecule has 0 spiro atoms. The number of urea groups is 1. The lowest BCUT2D eigenvalue weighted by Crippen LogP contribution is -2.61. The summed E-state index contributed by atoms with van der Waals surface area (Å²) in [7, 11) is 0. The van der Waals surface area contributed by atoms with E-state index in [9.17, 15) is 9.59 Å². The number of carbonyl (C=O) groups is 2. The van der Waals surface area contributed by atoms with Crippen LogP contribution in [0.3, 0.4) is 0 Å². The van der Waals surface area contributed by atoms with E-state index in [1.807, 2.05) is 30.0 Å². The second-order valence-electron chi connectivity index (χ2n) is 7.67. The molecule has 3 aliphatic heterocycles. The number of carbonyl (C=O) groups excluding carboxylic acids is 2. The van der Waals surface area contributed by atoms with E-state index in [4.69, 9.17) is 11.6 Å². The molecule has 0 aliphatic carbocycles. The Bertz CT molecular complexity index is 708. The second-order valence-corrected chi connectivity index (χ2v) is 8.07. The Hall–Kier alpha value is -1.75. The van der Waals surface area contributed by atoms with Crippen molar-refractivity contribution in [1.29, 1.82) is 0 Å². The molecule has 4 rings (SSSR count). The van der Waals surface area contributed by atoms with Gasteiger partial charge in [0.25, 0.3) is 0 Å². The molecule has 0 aromatic heterocycles. The number of nitrogens with one attached hydrogen (secondary N) is 1. The standard InChI is InChI=1S/C19H24ClN3O2/c1-12-7-15(5-6-16(12)20)21-19(25)22-9-13-8-14(11-22)17-3-2-4-18(24)23(17)10-13/h5-7,13-14,17H,2-4,8-11H2,1H3,(H,21,25)/t13-,14+,17+/m1/s1. The van der Waals surface area contributed by atoms with Crippen LogP contribution >= 0.6 is 11.6 Å². The van der Waals surface area contributed by atoms with Crippen molar-refractivity contribution in [3.8, 4) is 0 Å². The maximum absolute atomic E-state index is 12.7. The smallest absolute Gasteiger partial charge is 0.321 e. The Labute approximate surface area is 153 Å². The Kier molecular flexibility index (Phi) is 4.36. The highest BCUT2D eigenvalue weighted by molar-refractivity contribution is 6.31. The zero-order valence-electron chi connectivity index (χ0n) is 14.5. The van der Waals surface area contributed by atoms with E-state index < -0.39 is 0 Å². The topological polar surface area (TPSA) is 52.7 Å². The summed E-state index contributed by atoms with van der Waals surface area (Å²) < 4.78 is 0. The van der Waals surface area contributed by atoms with Gasteiger partial charge in [0.2, 0.25) is 5.91 Å². The molecule has 2 bridgehead atoms. The normalized spacial score (nSPS) is 28.6. The first-order valence-electron chi connectivity index (χ1n) is 9.13.